The Hall–Kier alpha value is -3.37. The lowest BCUT2D eigenvalue weighted by Crippen LogP contribution is -2.60. The Balaban J connectivity index is 1.53. The third kappa shape index (κ3) is 3.89. The molecule has 10 nitrogen and oxygen atoms in total. The minimum Gasteiger partial charge on any atom is -0.511 e. The van der Waals surface area contributed by atoms with Crippen molar-refractivity contribution in [3.8, 4) is 5.75 Å². The number of primary amides is 1. The highest BCUT2D eigenvalue weighted by Crippen LogP contribution is 2.52. The highest BCUT2D eigenvalue weighted by atomic mass is 16.3. The van der Waals surface area contributed by atoms with Crippen LogP contribution in [0, 0.1) is 11.8 Å². The second-order valence-electron chi connectivity index (χ2n) is 12.5. The number of amides is 1. The number of carbonyl (C=O) groups excluding carboxylic acids is 3. The zero-order valence-corrected chi connectivity index (χ0v) is 22.0. The van der Waals surface area contributed by atoms with Gasteiger partial charge in [-0.15, -0.1) is 0 Å². The molecule has 204 valence electrons. The van der Waals surface area contributed by atoms with E-state index in [4.69, 9.17) is 5.73 Å². The van der Waals surface area contributed by atoms with E-state index in [0.29, 0.717) is 11.3 Å². The molecule has 1 heterocycles. The Morgan fingerprint density at radius 3 is 2.29 bits per heavy atom. The third-order valence-corrected chi connectivity index (χ3v) is 8.48. The van der Waals surface area contributed by atoms with E-state index >= 15 is 0 Å². The van der Waals surface area contributed by atoms with E-state index in [1.807, 2.05) is 0 Å². The lowest BCUT2D eigenvalue weighted by Gasteiger charge is -2.47. The van der Waals surface area contributed by atoms with Crippen molar-refractivity contribution in [2.45, 2.75) is 82.5 Å². The van der Waals surface area contributed by atoms with Gasteiger partial charge < -0.3 is 36.8 Å². The quantitative estimate of drug-likeness (QED) is 0.230. The Labute approximate surface area is 220 Å². The number of hydrogen-bond donors (Lipinski definition) is 7. The number of fused-ring (bicyclic) bond motifs is 3. The molecule has 38 heavy (non-hydrogen) atoms. The molecule has 1 fully saturated rings. The first kappa shape index (κ1) is 26.2. The first-order chi connectivity index (χ1) is 17.6. The van der Waals surface area contributed by atoms with Gasteiger partial charge in [-0.05, 0) is 70.9 Å². The maximum atomic E-state index is 13.7. The molecular formula is C28H35N3O7. The van der Waals surface area contributed by atoms with Gasteiger partial charge in [0.15, 0.2) is 11.4 Å². The standard InChI is InChI=1S/C28H35N3O7/c1-26(2)10-15(11-27(3,4)31-26)30-16-6-5-12-7-13-8-14-9-17(32)20(25(29)37)24(36)28(14,38)23(35)19(13)22(34)18(12)21(16)33/h5-6,13-15,30-33,35,38H,7-11H2,1-4H3,(H2,29,37)/t13-,14-,28-/m0/s1. The van der Waals surface area contributed by atoms with Crippen LogP contribution in [0.2, 0.25) is 0 Å². The number of nitrogens with two attached hydrogens (primary N) is 1. The minimum absolute atomic E-state index is 0.0130. The number of aliphatic hydroxyl groups excluding tert-OH is 2. The molecule has 1 aromatic rings. The molecule has 0 saturated carbocycles. The number of carbonyl (C=O) groups is 3. The van der Waals surface area contributed by atoms with Crippen LogP contribution < -0.4 is 16.4 Å². The van der Waals surface area contributed by atoms with Crippen molar-refractivity contribution < 1.29 is 34.8 Å². The first-order valence-corrected chi connectivity index (χ1v) is 12.9. The molecular weight excluding hydrogens is 490 g/mol. The Morgan fingerprint density at radius 1 is 1.05 bits per heavy atom. The number of allylic oxidation sites excluding steroid dienone is 2. The number of aromatic hydroxyl groups is 1. The lowest BCUT2D eigenvalue weighted by atomic mass is 9.60. The molecule has 1 amide bonds. The lowest BCUT2D eigenvalue weighted by molar-refractivity contribution is -0.144. The van der Waals surface area contributed by atoms with Gasteiger partial charge in [0, 0.05) is 35.0 Å². The summed E-state index contributed by atoms with van der Waals surface area (Å²) in [6, 6.07) is 3.54. The summed E-state index contributed by atoms with van der Waals surface area (Å²) >= 11 is 0. The smallest absolute Gasteiger partial charge is 0.255 e. The molecule has 0 unspecified atom stereocenters. The van der Waals surface area contributed by atoms with E-state index < -0.39 is 52.0 Å². The van der Waals surface area contributed by atoms with Gasteiger partial charge in [0.05, 0.1) is 11.3 Å². The van der Waals surface area contributed by atoms with Crippen LogP contribution in [0.4, 0.5) is 5.69 Å². The number of aliphatic hydroxyl groups is 3. The van der Waals surface area contributed by atoms with Crippen LogP contribution in [0.15, 0.2) is 34.8 Å². The SMILES string of the molecule is CC1(C)CC(Nc2ccc3c(c2O)C(=O)C2=C(O)[C@]4(O)C(=O)C(C(N)=O)=C(O)C[C@@H]4C[C@@H]2C3)CC(C)(C)N1. The number of benzene rings is 1. The number of Topliss-reactive ketones (excluding diaryl/α,β-unsaturated/α-hetero) is 2. The van der Waals surface area contributed by atoms with Crippen LogP contribution in [-0.2, 0) is 16.0 Å². The summed E-state index contributed by atoms with van der Waals surface area (Å²) in [5, 5.41) is 51.0. The number of ketones is 2. The van der Waals surface area contributed by atoms with E-state index in [1.54, 1.807) is 12.1 Å². The van der Waals surface area contributed by atoms with Crippen molar-refractivity contribution in [3.63, 3.8) is 0 Å². The molecule has 0 radical (unpaired) electrons. The fraction of sp³-hybridized carbons (Fsp3) is 0.536. The number of piperidine rings is 1. The molecule has 1 aromatic carbocycles. The average Bonchev–Trinajstić information content (AvgIpc) is 2.75. The molecule has 0 aromatic heterocycles. The van der Waals surface area contributed by atoms with E-state index in [9.17, 15) is 34.8 Å². The molecule has 3 atom stereocenters. The number of phenolic OH excluding ortho intramolecular Hbond substituents is 1. The van der Waals surface area contributed by atoms with Crippen molar-refractivity contribution in [1.29, 1.82) is 0 Å². The number of hydrogen-bond acceptors (Lipinski definition) is 9. The van der Waals surface area contributed by atoms with Gasteiger partial charge in [0.25, 0.3) is 5.91 Å². The van der Waals surface area contributed by atoms with E-state index in [-0.39, 0.29) is 53.3 Å². The maximum absolute atomic E-state index is 13.7. The Bertz CT molecular complexity index is 1330. The molecule has 8 N–H and O–H groups in total. The van der Waals surface area contributed by atoms with E-state index in [2.05, 4.69) is 38.3 Å². The van der Waals surface area contributed by atoms with Gasteiger partial charge in [0.1, 0.15) is 22.8 Å². The summed E-state index contributed by atoms with van der Waals surface area (Å²) in [4.78, 5) is 38.6. The largest absolute Gasteiger partial charge is 0.511 e. The molecule has 3 aliphatic carbocycles. The van der Waals surface area contributed by atoms with Gasteiger partial charge in [0.2, 0.25) is 5.78 Å². The maximum Gasteiger partial charge on any atom is 0.255 e. The zero-order valence-electron chi connectivity index (χ0n) is 22.0. The molecule has 5 rings (SSSR count). The van der Waals surface area contributed by atoms with Gasteiger partial charge in [-0.25, -0.2) is 0 Å². The van der Waals surface area contributed by atoms with Gasteiger partial charge >= 0.3 is 0 Å². The summed E-state index contributed by atoms with van der Waals surface area (Å²) < 4.78 is 0. The summed E-state index contributed by atoms with van der Waals surface area (Å²) in [5.74, 6) is -6.24. The van der Waals surface area contributed by atoms with E-state index in [0.717, 1.165) is 12.8 Å². The molecule has 0 spiro atoms. The summed E-state index contributed by atoms with van der Waals surface area (Å²) in [6.45, 7) is 8.45. The second-order valence-corrected chi connectivity index (χ2v) is 12.5. The topological polar surface area (TPSA) is 182 Å². The molecule has 10 heteroatoms. The number of phenols is 1. The normalized spacial score (nSPS) is 30.4. The van der Waals surface area contributed by atoms with Crippen LogP contribution >= 0.6 is 0 Å². The van der Waals surface area contributed by atoms with Crippen molar-refractivity contribution >= 4 is 23.2 Å². The fourth-order valence-electron chi connectivity index (χ4n) is 7.35. The van der Waals surface area contributed by atoms with Crippen LogP contribution in [0.25, 0.3) is 0 Å². The first-order valence-electron chi connectivity index (χ1n) is 12.9. The van der Waals surface area contributed by atoms with E-state index in [1.165, 1.54) is 0 Å². The minimum atomic E-state index is -2.56. The monoisotopic (exact) mass is 525 g/mol. The third-order valence-electron chi connectivity index (χ3n) is 8.48. The highest BCUT2D eigenvalue weighted by molar-refractivity contribution is 6.24. The highest BCUT2D eigenvalue weighted by Gasteiger charge is 2.59. The molecule has 1 saturated heterocycles. The molecule has 4 aliphatic rings. The second kappa shape index (κ2) is 8.31. The number of rotatable bonds is 3. The summed E-state index contributed by atoms with van der Waals surface area (Å²) in [6.07, 6.45) is 1.73. The van der Waals surface area contributed by atoms with Crippen LogP contribution in [0.3, 0.4) is 0 Å². The number of nitrogens with one attached hydrogen (secondary N) is 2. The van der Waals surface area contributed by atoms with Gasteiger partial charge in [-0.2, -0.15) is 0 Å². The van der Waals surface area contributed by atoms with Crippen LogP contribution in [0.5, 0.6) is 5.75 Å². The van der Waals surface area contributed by atoms with Crippen molar-refractivity contribution in [1.82, 2.24) is 5.32 Å². The van der Waals surface area contributed by atoms with Gasteiger partial charge in [-0.3, -0.25) is 14.4 Å². The predicted molar refractivity (Wildman–Crippen MR) is 139 cm³/mol. The number of anilines is 1. The zero-order chi connectivity index (χ0) is 27.9. The Kier molecular flexibility index (Phi) is 5.74. The summed E-state index contributed by atoms with van der Waals surface area (Å²) in [7, 11) is 0. The predicted octanol–water partition coefficient (Wildman–Crippen LogP) is 2.30. The molecule has 0 bridgehead atoms. The van der Waals surface area contributed by atoms with Crippen molar-refractivity contribution in [2.24, 2.45) is 17.6 Å². The average molecular weight is 526 g/mol. The van der Waals surface area contributed by atoms with Crippen molar-refractivity contribution in [3.05, 3.63) is 45.9 Å². The summed E-state index contributed by atoms with van der Waals surface area (Å²) in [5.41, 5.74) is 2.45. The van der Waals surface area contributed by atoms with Crippen LogP contribution in [0.1, 0.15) is 69.3 Å². The fourth-order valence-corrected chi connectivity index (χ4v) is 7.35. The van der Waals surface area contributed by atoms with Crippen molar-refractivity contribution in [2.75, 3.05) is 5.32 Å². The Morgan fingerprint density at radius 2 is 1.68 bits per heavy atom. The van der Waals surface area contributed by atoms with Crippen LogP contribution in [-0.4, -0.2) is 60.6 Å². The molecule has 1 aliphatic heterocycles. The van der Waals surface area contributed by atoms with Gasteiger partial charge in [-0.1, -0.05) is 6.07 Å².